The second-order valence-corrected chi connectivity index (χ2v) is 7.95. The minimum atomic E-state index is 0.0108. The highest BCUT2D eigenvalue weighted by molar-refractivity contribution is 7.98. The predicted molar refractivity (Wildman–Crippen MR) is 99.4 cm³/mol. The van der Waals surface area contributed by atoms with Crippen LogP contribution < -0.4 is 10.3 Å². The standard InChI is InChI=1S/C18H18N2O2S2/c1-22-12-8-6-11(7-9-12)10-23-18-19-16(21)15-13-4-2-3-5-14(13)24-17(15)20-18/h6-9H,2-5,10H2,1H3,(H,19,20,21). The van der Waals surface area contributed by atoms with E-state index in [0.717, 1.165) is 34.6 Å². The second-order valence-electron chi connectivity index (χ2n) is 5.90. The molecule has 0 amide bonds. The lowest BCUT2D eigenvalue weighted by Gasteiger charge is -2.09. The zero-order valence-corrected chi connectivity index (χ0v) is 15.1. The lowest BCUT2D eigenvalue weighted by atomic mass is 9.97. The molecule has 0 bridgehead atoms. The van der Waals surface area contributed by atoms with Crippen LogP contribution in [0, 0.1) is 0 Å². The number of benzene rings is 1. The first-order chi connectivity index (χ1) is 11.7. The van der Waals surface area contributed by atoms with Crippen LogP contribution in [0.5, 0.6) is 5.75 Å². The fourth-order valence-electron chi connectivity index (χ4n) is 3.09. The highest BCUT2D eigenvalue weighted by atomic mass is 32.2. The Bertz CT molecular complexity index is 929. The number of fused-ring (bicyclic) bond motifs is 3. The lowest BCUT2D eigenvalue weighted by Crippen LogP contribution is -2.10. The maximum absolute atomic E-state index is 12.5. The summed E-state index contributed by atoms with van der Waals surface area (Å²) in [4.78, 5) is 22.4. The summed E-state index contributed by atoms with van der Waals surface area (Å²) >= 11 is 3.25. The van der Waals surface area contributed by atoms with Gasteiger partial charge in [0.05, 0.1) is 12.5 Å². The molecule has 2 aromatic heterocycles. The average Bonchev–Trinajstić information content (AvgIpc) is 2.99. The van der Waals surface area contributed by atoms with E-state index in [0.29, 0.717) is 5.16 Å². The van der Waals surface area contributed by atoms with Gasteiger partial charge in [-0.3, -0.25) is 4.79 Å². The van der Waals surface area contributed by atoms with Gasteiger partial charge in [0.15, 0.2) is 5.16 Å². The van der Waals surface area contributed by atoms with E-state index >= 15 is 0 Å². The normalized spacial score (nSPS) is 13.9. The minimum absolute atomic E-state index is 0.0108. The van der Waals surface area contributed by atoms with Crippen LogP contribution in [-0.4, -0.2) is 17.1 Å². The van der Waals surface area contributed by atoms with Crippen LogP contribution in [-0.2, 0) is 18.6 Å². The van der Waals surface area contributed by atoms with Crippen molar-refractivity contribution in [3.63, 3.8) is 0 Å². The first-order valence-corrected chi connectivity index (χ1v) is 9.85. The number of rotatable bonds is 4. The fraction of sp³-hybridized carbons (Fsp3) is 0.333. The number of thiophene rings is 1. The lowest BCUT2D eigenvalue weighted by molar-refractivity contribution is 0.414. The number of thioether (sulfide) groups is 1. The number of hydrogen-bond acceptors (Lipinski definition) is 5. The van der Waals surface area contributed by atoms with Gasteiger partial charge in [-0.1, -0.05) is 23.9 Å². The van der Waals surface area contributed by atoms with Crippen molar-refractivity contribution in [2.45, 2.75) is 36.6 Å². The molecule has 0 aliphatic heterocycles. The second kappa shape index (κ2) is 6.61. The summed E-state index contributed by atoms with van der Waals surface area (Å²) in [6.07, 6.45) is 4.49. The summed E-state index contributed by atoms with van der Waals surface area (Å²) in [6.45, 7) is 0. The molecule has 0 fully saturated rings. The van der Waals surface area contributed by atoms with E-state index in [2.05, 4.69) is 4.98 Å². The number of nitrogens with one attached hydrogen (secondary N) is 1. The zero-order valence-electron chi connectivity index (χ0n) is 13.4. The maximum Gasteiger partial charge on any atom is 0.260 e. The van der Waals surface area contributed by atoms with E-state index in [1.54, 1.807) is 30.2 Å². The van der Waals surface area contributed by atoms with Crippen molar-refractivity contribution in [2.24, 2.45) is 0 Å². The minimum Gasteiger partial charge on any atom is -0.497 e. The van der Waals surface area contributed by atoms with Crippen LogP contribution in [0.2, 0.25) is 0 Å². The van der Waals surface area contributed by atoms with Crippen LogP contribution in [0.25, 0.3) is 10.2 Å². The Kier molecular flexibility index (Phi) is 4.33. The number of hydrogen-bond donors (Lipinski definition) is 1. The van der Waals surface area contributed by atoms with Gasteiger partial charge in [-0.2, -0.15) is 0 Å². The SMILES string of the molecule is COc1ccc(CSc2nc3sc4c(c3c(=O)[nH]2)CCCC4)cc1. The highest BCUT2D eigenvalue weighted by Gasteiger charge is 2.19. The first kappa shape index (κ1) is 15.7. The van der Waals surface area contributed by atoms with E-state index in [-0.39, 0.29) is 5.56 Å². The van der Waals surface area contributed by atoms with Gasteiger partial charge in [0.1, 0.15) is 10.6 Å². The summed E-state index contributed by atoms with van der Waals surface area (Å²) in [5.41, 5.74) is 2.42. The van der Waals surface area contributed by atoms with Gasteiger partial charge in [-0.05, 0) is 48.9 Å². The van der Waals surface area contributed by atoms with Crippen molar-refractivity contribution in [3.8, 4) is 5.75 Å². The summed E-state index contributed by atoms with van der Waals surface area (Å²) in [7, 11) is 1.66. The Morgan fingerprint density at radius 1 is 1.25 bits per heavy atom. The highest BCUT2D eigenvalue weighted by Crippen LogP contribution is 2.34. The van der Waals surface area contributed by atoms with Crippen molar-refractivity contribution in [3.05, 3.63) is 50.6 Å². The van der Waals surface area contributed by atoms with Crippen LogP contribution >= 0.6 is 23.1 Å². The molecule has 1 N–H and O–H groups in total. The smallest absolute Gasteiger partial charge is 0.260 e. The number of aromatic nitrogens is 2. The largest absolute Gasteiger partial charge is 0.497 e. The molecule has 3 aromatic rings. The Labute approximate surface area is 148 Å². The van der Waals surface area contributed by atoms with Crippen LogP contribution in [0.15, 0.2) is 34.2 Å². The number of methoxy groups -OCH3 is 1. The van der Waals surface area contributed by atoms with Crippen LogP contribution in [0.3, 0.4) is 0 Å². The van der Waals surface area contributed by atoms with E-state index in [1.165, 1.54) is 28.8 Å². The summed E-state index contributed by atoms with van der Waals surface area (Å²) in [6, 6.07) is 7.96. The molecule has 24 heavy (non-hydrogen) atoms. The third kappa shape index (κ3) is 2.96. The third-order valence-electron chi connectivity index (χ3n) is 4.34. The quantitative estimate of drug-likeness (QED) is 0.562. The third-order valence-corrected chi connectivity index (χ3v) is 6.47. The van der Waals surface area contributed by atoms with Gasteiger partial charge >= 0.3 is 0 Å². The average molecular weight is 358 g/mol. The van der Waals surface area contributed by atoms with E-state index in [1.807, 2.05) is 24.3 Å². The van der Waals surface area contributed by atoms with Gasteiger partial charge in [-0.15, -0.1) is 11.3 Å². The Morgan fingerprint density at radius 3 is 2.83 bits per heavy atom. The van der Waals surface area contributed by atoms with E-state index < -0.39 is 0 Å². The molecule has 0 saturated heterocycles. The molecule has 6 heteroatoms. The van der Waals surface area contributed by atoms with Gasteiger partial charge in [0, 0.05) is 10.6 Å². The molecule has 124 valence electrons. The summed E-state index contributed by atoms with van der Waals surface area (Å²) < 4.78 is 5.17. The van der Waals surface area contributed by atoms with Crippen LogP contribution in [0.1, 0.15) is 28.8 Å². The zero-order chi connectivity index (χ0) is 16.5. The van der Waals surface area contributed by atoms with Crippen molar-refractivity contribution in [1.82, 2.24) is 9.97 Å². The molecule has 0 atom stereocenters. The molecular weight excluding hydrogens is 340 g/mol. The molecule has 4 nitrogen and oxygen atoms in total. The van der Waals surface area contributed by atoms with Gasteiger partial charge in [0.2, 0.25) is 0 Å². The molecule has 1 aromatic carbocycles. The van der Waals surface area contributed by atoms with Crippen molar-refractivity contribution in [1.29, 1.82) is 0 Å². The van der Waals surface area contributed by atoms with E-state index in [4.69, 9.17) is 9.72 Å². The molecule has 0 unspecified atom stereocenters. The molecule has 1 aliphatic rings. The summed E-state index contributed by atoms with van der Waals surface area (Å²) in [5, 5.41) is 1.52. The van der Waals surface area contributed by atoms with E-state index in [9.17, 15) is 4.79 Å². The predicted octanol–water partition coefficient (Wildman–Crippen LogP) is 4.16. The number of aryl methyl sites for hydroxylation is 2. The molecule has 1 aliphatic carbocycles. The molecular formula is C18H18N2O2S2. The summed E-state index contributed by atoms with van der Waals surface area (Å²) in [5.74, 6) is 1.62. The molecule has 4 rings (SSSR count). The molecule has 2 heterocycles. The van der Waals surface area contributed by atoms with Crippen molar-refractivity contribution < 1.29 is 4.74 Å². The number of aromatic amines is 1. The topological polar surface area (TPSA) is 55.0 Å². The first-order valence-electron chi connectivity index (χ1n) is 8.05. The van der Waals surface area contributed by atoms with Crippen LogP contribution in [0.4, 0.5) is 0 Å². The monoisotopic (exact) mass is 358 g/mol. The van der Waals surface area contributed by atoms with Gasteiger partial charge < -0.3 is 9.72 Å². The van der Waals surface area contributed by atoms with Crippen molar-refractivity contribution in [2.75, 3.05) is 7.11 Å². The molecule has 0 spiro atoms. The number of nitrogens with zero attached hydrogens (tertiary/aromatic N) is 1. The fourth-order valence-corrected chi connectivity index (χ4v) is 5.22. The Hall–Kier alpha value is -1.79. The Morgan fingerprint density at radius 2 is 2.04 bits per heavy atom. The van der Waals surface area contributed by atoms with Gasteiger partial charge in [0.25, 0.3) is 5.56 Å². The van der Waals surface area contributed by atoms with Crippen molar-refractivity contribution >= 4 is 33.3 Å². The molecule has 0 radical (unpaired) electrons. The number of H-pyrrole nitrogens is 1. The maximum atomic E-state index is 12.5. The Balaban J connectivity index is 1.59. The van der Waals surface area contributed by atoms with Gasteiger partial charge in [-0.25, -0.2) is 4.98 Å². The number of ether oxygens (including phenoxy) is 1. The molecule has 0 saturated carbocycles.